The average Bonchev–Trinajstić information content (AvgIpc) is 3.29. The number of carbonyl (C=O) groups is 3. The number of amides is 3. The summed E-state index contributed by atoms with van der Waals surface area (Å²) in [4.78, 5) is 42.5. The van der Waals surface area contributed by atoms with Crippen molar-refractivity contribution in [3.8, 4) is 0 Å². The minimum absolute atomic E-state index is 0.185. The van der Waals surface area contributed by atoms with Crippen molar-refractivity contribution in [1.29, 1.82) is 0 Å². The highest BCUT2D eigenvalue weighted by Gasteiger charge is 2.44. The Kier molecular flexibility index (Phi) is 11.9. The zero-order valence-corrected chi connectivity index (χ0v) is 28.4. The van der Waals surface area contributed by atoms with Crippen LogP contribution in [0.3, 0.4) is 0 Å². The fraction of sp³-hybridized carbons (Fsp3) is 0.912. The number of nitrogens with two attached hydrogens (primary N) is 1. The van der Waals surface area contributed by atoms with Crippen LogP contribution in [-0.4, -0.2) is 100 Å². The predicted molar refractivity (Wildman–Crippen MR) is 172 cm³/mol. The van der Waals surface area contributed by atoms with E-state index in [1.807, 2.05) is 46.4 Å². The standard InChI is InChI=1S/C18H30N2O3.C16H31N3O2/c1-18(2,3)23-17(22)19-10-8-14(9-11-19)20-15-7-5-4-6-13(15)12-16(20)21;1-16(2,3)21-15(20)19-10-8-12(9-11-19)18-14-7-5-4-6-13(14)17/h13-15H,4-12H2,1-3H3;12-14,18H,4-11,17H2,1-3H3/t13?,15-;13?,14-/m11/s1. The van der Waals surface area contributed by atoms with Crippen LogP contribution in [0.15, 0.2) is 0 Å². The van der Waals surface area contributed by atoms with Gasteiger partial charge >= 0.3 is 12.2 Å². The van der Waals surface area contributed by atoms with E-state index in [4.69, 9.17) is 15.2 Å². The van der Waals surface area contributed by atoms with Crippen molar-refractivity contribution in [2.75, 3.05) is 26.2 Å². The molecule has 0 radical (unpaired) electrons. The lowest BCUT2D eigenvalue weighted by Gasteiger charge is -2.41. The van der Waals surface area contributed by atoms with Crippen molar-refractivity contribution in [3.63, 3.8) is 0 Å². The van der Waals surface area contributed by atoms with Crippen LogP contribution in [0.25, 0.3) is 0 Å². The molecule has 252 valence electrons. The van der Waals surface area contributed by atoms with Gasteiger partial charge in [-0.2, -0.15) is 0 Å². The summed E-state index contributed by atoms with van der Waals surface area (Å²) in [5.74, 6) is 0.928. The van der Waals surface area contributed by atoms with Crippen LogP contribution in [0, 0.1) is 5.92 Å². The smallest absolute Gasteiger partial charge is 0.410 e. The molecule has 5 fully saturated rings. The molecule has 3 saturated heterocycles. The molecule has 10 nitrogen and oxygen atoms in total. The highest BCUT2D eigenvalue weighted by Crippen LogP contribution is 2.39. The molecule has 4 atom stereocenters. The quantitative estimate of drug-likeness (QED) is 0.433. The zero-order valence-electron chi connectivity index (χ0n) is 28.4. The summed E-state index contributed by atoms with van der Waals surface area (Å²) >= 11 is 0. The first-order valence-electron chi connectivity index (χ1n) is 17.5. The monoisotopic (exact) mass is 619 g/mol. The number of ether oxygens (including phenoxy) is 2. The number of fused-ring (bicyclic) bond motifs is 1. The second-order valence-electron chi connectivity index (χ2n) is 15.8. The Bertz CT molecular complexity index is 962. The fourth-order valence-electron chi connectivity index (χ4n) is 7.66. The van der Waals surface area contributed by atoms with E-state index in [-0.39, 0.29) is 12.2 Å². The Hall–Kier alpha value is -2.07. The maximum absolute atomic E-state index is 12.5. The van der Waals surface area contributed by atoms with Crippen molar-refractivity contribution in [3.05, 3.63) is 0 Å². The number of nitrogens with zero attached hydrogens (tertiary/aromatic N) is 3. The molecule has 2 saturated carbocycles. The molecule has 3 aliphatic heterocycles. The Morgan fingerprint density at radius 2 is 1.23 bits per heavy atom. The molecule has 3 heterocycles. The highest BCUT2D eigenvalue weighted by molar-refractivity contribution is 5.80. The molecule has 0 spiro atoms. The molecule has 5 aliphatic rings. The SMILES string of the molecule is CC(C)(C)OC(=O)N1CCC(N2C(=O)CC3CCCC[C@H]32)CC1.CC(C)(C)OC(=O)N1CCC(N[C@@H]2CCCCC2N)CC1. The van der Waals surface area contributed by atoms with Crippen molar-refractivity contribution in [1.82, 2.24) is 20.0 Å². The van der Waals surface area contributed by atoms with E-state index >= 15 is 0 Å². The van der Waals surface area contributed by atoms with Crippen LogP contribution in [0.2, 0.25) is 0 Å². The minimum atomic E-state index is -0.450. The molecule has 3 amide bonds. The number of hydrogen-bond acceptors (Lipinski definition) is 7. The third-order valence-electron chi connectivity index (χ3n) is 9.88. The van der Waals surface area contributed by atoms with Gasteiger partial charge in [-0.1, -0.05) is 25.7 Å². The van der Waals surface area contributed by atoms with Crippen LogP contribution >= 0.6 is 0 Å². The van der Waals surface area contributed by atoms with E-state index in [0.29, 0.717) is 55.1 Å². The molecule has 44 heavy (non-hydrogen) atoms. The van der Waals surface area contributed by atoms with Gasteiger partial charge in [0.05, 0.1) is 0 Å². The summed E-state index contributed by atoms with van der Waals surface area (Å²) in [5.41, 5.74) is 5.33. The van der Waals surface area contributed by atoms with Gasteiger partial charge in [0.25, 0.3) is 0 Å². The van der Waals surface area contributed by atoms with Crippen LogP contribution in [0.4, 0.5) is 9.59 Å². The molecule has 2 aliphatic carbocycles. The number of piperidine rings is 2. The summed E-state index contributed by atoms with van der Waals surface area (Å²) in [5, 5.41) is 3.71. The number of hydrogen-bond donors (Lipinski definition) is 2. The number of nitrogens with one attached hydrogen (secondary N) is 1. The maximum atomic E-state index is 12.5. The van der Waals surface area contributed by atoms with Crippen molar-refractivity contribution in [2.24, 2.45) is 11.7 Å². The van der Waals surface area contributed by atoms with Gasteiger partial charge in [-0.3, -0.25) is 4.79 Å². The Morgan fingerprint density at radius 3 is 1.77 bits per heavy atom. The highest BCUT2D eigenvalue weighted by atomic mass is 16.6. The molecular weight excluding hydrogens is 558 g/mol. The first-order valence-corrected chi connectivity index (χ1v) is 17.5. The van der Waals surface area contributed by atoms with Gasteiger partial charge in [-0.15, -0.1) is 0 Å². The molecule has 0 aromatic rings. The number of rotatable bonds is 3. The zero-order chi connectivity index (χ0) is 32.1. The molecular formula is C34H61N5O5. The van der Waals surface area contributed by atoms with Crippen molar-refractivity contribution < 1.29 is 23.9 Å². The second kappa shape index (κ2) is 15.0. The van der Waals surface area contributed by atoms with E-state index in [1.54, 1.807) is 4.90 Å². The lowest BCUT2D eigenvalue weighted by atomic mass is 9.84. The van der Waals surface area contributed by atoms with E-state index in [1.165, 1.54) is 44.9 Å². The van der Waals surface area contributed by atoms with Crippen LogP contribution < -0.4 is 11.1 Å². The summed E-state index contributed by atoms with van der Waals surface area (Å²) in [6.07, 6.45) is 13.9. The largest absolute Gasteiger partial charge is 0.444 e. The summed E-state index contributed by atoms with van der Waals surface area (Å²) in [7, 11) is 0. The number of carbonyl (C=O) groups excluding carboxylic acids is 3. The molecule has 0 bridgehead atoms. The Labute approximate surface area is 266 Å². The number of likely N-dealkylation sites (tertiary alicyclic amines) is 3. The van der Waals surface area contributed by atoms with E-state index in [9.17, 15) is 14.4 Å². The normalized spacial score (nSPS) is 29.1. The van der Waals surface area contributed by atoms with E-state index in [2.05, 4.69) is 10.2 Å². The Balaban J connectivity index is 0.000000202. The summed E-state index contributed by atoms with van der Waals surface area (Å²) < 4.78 is 10.9. The third-order valence-corrected chi connectivity index (χ3v) is 9.88. The summed E-state index contributed by atoms with van der Waals surface area (Å²) in [6.45, 7) is 14.3. The van der Waals surface area contributed by atoms with E-state index in [0.717, 1.165) is 51.6 Å². The first-order chi connectivity index (χ1) is 20.7. The maximum Gasteiger partial charge on any atom is 0.410 e. The van der Waals surface area contributed by atoms with Gasteiger partial charge in [-0.05, 0) is 98.8 Å². The van der Waals surface area contributed by atoms with Gasteiger partial charge in [0.2, 0.25) is 5.91 Å². The van der Waals surface area contributed by atoms with Gasteiger partial charge < -0.3 is 35.2 Å². The van der Waals surface area contributed by atoms with Crippen LogP contribution in [-0.2, 0) is 14.3 Å². The molecule has 0 aromatic heterocycles. The topological polar surface area (TPSA) is 117 Å². The fourth-order valence-corrected chi connectivity index (χ4v) is 7.66. The first kappa shape index (κ1) is 34.8. The second-order valence-corrected chi connectivity index (χ2v) is 15.8. The van der Waals surface area contributed by atoms with E-state index < -0.39 is 11.2 Å². The van der Waals surface area contributed by atoms with Crippen molar-refractivity contribution >= 4 is 18.1 Å². The lowest BCUT2D eigenvalue weighted by Crippen LogP contribution is -2.54. The Morgan fingerprint density at radius 1 is 0.727 bits per heavy atom. The van der Waals surface area contributed by atoms with Crippen LogP contribution in [0.1, 0.15) is 125 Å². The lowest BCUT2D eigenvalue weighted by molar-refractivity contribution is -0.132. The van der Waals surface area contributed by atoms with Gasteiger partial charge in [0, 0.05) is 62.8 Å². The minimum Gasteiger partial charge on any atom is -0.444 e. The summed E-state index contributed by atoms with van der Waals surface area (Å²) in [6, 6.07) is 2.01. The molecule has 5 rings (SSSR count). The third kappa shape index (κ3) is 9.96. The molecule has 10 heteroatoms. The van der Waals surface area contributed by atoms with Gasteiger partial charge in [0.1, 0.15) is 11.2 Å². The van der Waals surface area contributed by atoms with Gasteiger partial charge in [-0.25, -0.2) is 9.59 Å². The molecule has 3 N–H and O–H groups in total. The average molecular weight is 620 g/mol. The van der Waals surface area contributed by atoms with Crippen molar-refractivity contribution in [2.45, 2.75) is 166 Å². The van der Waals surface area contributed by atoms with Gasteiger partial charge in [0.15, 0.2) is 0 Å². The molecule has 2 unspecified atom stereocenters. The predicted octanol–water partition coefficient (Wildman–Crippen LogP) is 5.42. The van der Waals surface area contributed by atoms with Crippen LogP contribution in [0.5, 0.6) is 0 Å². The molecule has 0 aromatic carbocycles.